The van der Waals surface area contributed by atoms with Crippen molar-refractivity contribution in [1.29, 1.82) is 0 Å². The van der Waals surface area contributed by atoms with Crippen LogP contribution < -0.4 is 20.1 Å². The lowest BCUT2D eigenvalue weighted by Gasteiger charge is -2.27. The largest absolute Gasteiger partial charge is 0.493 e. The quantitative estimate of drug-likeness (QED) is 0.771. The van der Waals surface area contributed by atoms with Crippen LogP contribution in [0.3, 0.4) is 0 Å². The molecule has 0 amide bonds. The topological polar surface area (TPSA) is 47.7 Å². The van der Waals surface area contributed by atoms with Crippen LogP contribution in [0.1, 0.15) is 5.56 Å². The van der Waals surface area contributed by atoms with Crippen molar-refractivity contribution in [2.75, 3.05) is 38.4 Å². The van der Waals surface area contributed by atoms with Gasteiger partial charge < -0.3 is 20.1 Å². The number of nitrogens with zero attached hydrogens (tertiary/aromatic N) is 1. The van der Waals surface area contributed by atoms with E-state index < -0.39 is 0 Å². The third-order valence-corrected chi connectivity index (χ3v) is 2.75. The maximum atomic E-state index is 6.02. The second kappa shape index (κ2) is 3.96. The molecule has 16 heavy (non-hydrogen) atoms. The Morgan fingerprint density at radius 2 is 2.06 bits per heavy atom. The number of fused-ring (bicyclic) bond motifs is 1. The molecule has 4 nitrogen and oxygen atoms in total. The molecule has 0 bridgehead atoms. The molecule has 4 heteroatoms. The number of hydrogen-bond donors (Lipinski definition) is 1. The van der Waals surface area contributed by atoms with Crippen molar-refractivity contribution < 1.29 is 9.47 Å². The monoisotopic (exact) mass is 220 g/mol. The molecule has 0 radical (unpaired) electrons. The number of anilines is 2. The molecule has 86 valence electrons. The second-order valence-corrected chi connectivity index (χ2v) is 3.75. The van der Waals surface area contributed by atoms with Crippen LogP contribution in [0.25, 0.3) is 6.08 Å². The summed E-state index contributed by atoms with van der Waals surface area (Å²) < 4.78 is 10.6. The van der Waals surface area contributed by atoms with Gasteiger partial charge in [-0.1, -0.05) is 12.2 Å². The Kier molecular flexibility index (Phi) is 2.64. The van der Waals surface area contributed by atoms with Crippen LogP contribution in [0.4, 0.5) is 11.4 Å². The lowest BCUT2D eigenvalue weighted by molar-refractivity contribution is 0.354. The smallest absolute Gasteiger partial charge is 0.170 e. The fraction of sp³-hybridized carbons (Fsp3) is 0.333. The van der Waals surface area contributed by atoms with Crippen molar-refractivity contribution in [2.45, 2.75) is 0 Å². The first-order valence-electron chi connectivity index (χ1n) is 5.11. The van der Waals surface area contributed by atoms with Crippen molar-refractivity contribution >= 4 is 17.5 Å². The fourth-order valence-electron chi connectivity index (χ4n) is 2.03. The molecule has 0 spiro atoms. The van der Waals surface area contributed by atoms with Gasteiger partial charge in [0.2, 0.25) is 0 Å². The molecule has 0 saturated carbocycles. The maximum Gasteiger partial charge on any atom is 0.170 e. The minimum absolute atomic E-state index is 0.665. The van der Waals surface area contributed by atoms with Crippen LogP contribution in [0.5, 0.6) is 11.5 Å². The van der Waals surface area contributed by atoms with Gasteiger partial charge in [0.25, 0.3) is 0 Å². The summed E-state index contributed by atoms with van der Waals surface area (Å²) in [5, 5.41) is 0. The van der Waals surface area contributed by atoms with Gasteiger partial charge in [-0.05, 0) is 0 Å². The molecule has 2 N–H and O–H groups in total. The van der Waals surface area contributed by atoms with Crippen LogP contribution in [-0.4, -0.2) is 27.8 Å². The van der Waals surface area contributed by atoms with E-state index in [-0.39, 0.29) is 0 Å². The first-order chi connectivity index (χ1) is 7.69. The van der Waals surface area contributed by atoms with Gasteiger partial charge >= 0.3 is 0 Å². The van der Waals surface area contributed by atoms with Gasteiger partial charge in [0.1, 0.15) is 0 Å². The summed E-state index contributed by atoms with van der Waals surface area (Å²) >= 11 is 0. The van der Waals surface area contributed by atoms with Crippen LogP contribution in [0.2, 0.25) is 0 Å². The van der Waals surface area contributed by atoms with E-state index in [9.17, 15) is 0 Å². The summed E-state index contributed by atoms with van der Waals surface area (Å²) in [6, 6.07) is 1.80. The lowest BCUT2D eigenvalue weighted by atomic mass is 10.0. The van der Waals surface area contributed by atoms with Gasteiger partial charge in [0.15, 0.2) is 11.5 Å². The van der Waals surface area contributed by atoms with E-state index in [1.54, 1.807) is 20.3 Å². The number of nitrogens with two attached hydrogens (primary N) is 1. The highest BCUT2D eigenvalue weighted by atomic mass is 16.5. The summed E-state index contributed by atoms with van der Waals surface area (Å²) in [5.41, 5.74) is 8.71. The molecule has 0 unspecified atom stereocenters. The van der Waals surface area contributed by atoms with E-state index in [2.05, 4.69) is 11.0 Å². The molecule has 1 aromatic carbocycles. The van der Waals surface area contributed by atoms with Gasteiger partial charge in [-0.15, -0.1) is 0 Å². The molecule has 1 aromatic rings. The van der Waals surface area contributed by atoms with Crippen molar-refractivity contribution in [2.24, 2.45) is 0 Å². The minimum Gasteiger partial charge on any atom is -0.493 e. The molecule has 2 rings (SSSR count). The van der Waals surface area contributed by atoms with Crippen molar-refractivity contribution in [3.63, 3.8) is 0 Å². The summed E-state index contributed by atoms with van der Waals surface area (Å²) in [7, 11) is 5.25. The first-order valence-corrected chi connectivity index (χ1v) is 5.11. The van der Waals surface area contributed by atoms with Crippen LogP contribution in [0.15, 0.2) is 12.1 Å². The molecule has 0 fully saturated rings. The van der Waals surface area contributed by atoms with E-state index in [0.29, 0.717) is 11.4 Å². The van der Waals surface area contributed by atoms with Gasteiger partial charge in [0.05, 0.1) is 25.6 Å². The zero-order valence-electron chi connectivity index (χ0n) is 9.78. The predicted molar refractivity (Wildman–Crippen MR) is 66.3 cm³/mol. The fourth-order valence-corrected chi connectivity index (χ4v) is 2.03. The zero-order valence-corrected chi connectivity index (χ0v) is 9.78. The average molecular weight is 220 g/mol. The molecule has 0 saturated heterocycles. The Morgan fingerprint density at radius 1 is 1.31 bits per heavy atom. The summed E-state index contributed by atoms with van der Waals surface area (Å²) in [6.07, 6.45) is 4.09. The lowest BCUT2D eigenvalue weighted by Crippen LogP contribution is -2.22. The summed E-state index contributed by atoms with van der Waals surface area (Å²) in [6.45, 7) is 0.854. The van der Waals surface area contributed by atoms with E-state index in [0.717, 1.165) is 23.5 Å². The number of nitrogen functional groups attached to an aromatic ring is 1. The standard InChI is InChI=1S/C12H16N2O2/c1-14-6-4-5-8-11(14)9(13)7-10(15-2)12(8)16-3/h4-5,7H,6,13H2,1-3H3. The van der Waals surface area contributed by atoms with Gasteiger partial charge in [-0.2, -0.15) is 0 Å². The molecule has 0 atom stereocenters. The third-order valence-electron chi connectivity index (χ3n) is 2.75. The van der Waals surface area contributed by atoms with Gasteiger partial charge in [-0.3, -0.25) is 0 Å². The normalized spacial score (nSPS) is 13.6. The summed E-state index contributed by atoms with van der Waals surface area (Å²) in [4.78, 5) is 2.09. The Morgan fingerprint density at radius 3 is 2.69 bits per heavy atom. The average Bonchev–Trinajstić information content (AvgIpc) is 2.28. The zero-order chi connectivity index (χ0) is 11.7. The van der Waals surface area contributed by atoms with E-state index >= 15 is 0 Å². The molecule has 0 aromatic heterocycles. The number of hydrogen-bond acceptors (Lipinski definition) is 4. The predicted octanol–water partition coefficient (Wildman–Crippen LogP) is 1.75. The number of likely N-dealkylation sites (N-methyl/N-ethyl adjacent to an activating group) is 1. The summed E-state index contributed by atoms with van der Waals surface area (Å²) in [5.74, 6) is 1.40. The molecular formula is C12H16N2O2. The molecule has 1 aliphatic heterocycles. The Labute approximate surface area is 95.3 Å². The number of benzene rings is 1. The molecular weight excluding hydrogens is 204 g/mol. The maximum absolute atomic E-state index is 6.02. The SMILES string of the molecule is COc1cc(N)c2c(c1OC)C=CCN2C. The molecule has 1 heterocycles. The highest BCUT2D eigenvalue weighted by Gasteiger charge is 2.20. The van der Waals surface area contributed by atoms with Gasteiger partial charge in [-0.25, -0.2) is 0 Å². The first kappa shape index (κ1) is 10.7. The van der Waals surface area contributed by atoms with E-state index in [4.69, 9.17) is 15.2 Å². The second-order valence-electron chi connectivity index (χ2n) is 3.75. The van der Waals surface area contributed by atoms with Crippen molar-refractivity contribution in [1.82, 2.24) is 0 Å². The number of rotatable bonds is 2. The van der Waals surface area contributed by atoms with Crippen LogP contribution in [0, 0.1) is 0 Å². The van der Waals surface area contributed by atoms with Crippen molar-refractivity contribution in [3.05, 3.63) is 17.7 Å². The molecule has 1 aliphatic rings. The van der Waals surface area contributed by atoms with Crippen LogP contribution >= 0.6 is 0 Å². The minimum atomic E-state index is 0.665. The number of methoxy groups -OCH3 is 2. The van der Waals surface area contributed by atoms with E-state index in [1.165, 1.54) is 0 Å². The van der Waals surface area contributed by atoms with E-state index in [1.807, 2.05) is 13.1 Å². The highest BCUT2D eigenvalue weighted by Crippen LogP contribution is 2.43. The third kappa shape index (κ3) is 1.46. The highest BCUT2D eigenvalue weighted by molar-refractivity contribution is 5.87. The van der Waals surface area contributed by atoms with Crippen LogP contribution in [-0.2, 0) is 0 Å². The van der Waals surface area contributed by atoms with Crippen molar-refractivity contribution in [3.8, 4) is 11.5 Å². The Bertz CT molecular complexity index is 441. The number of ether oxygens (including phenoxy) is 2. The Balaban J connectivity index is 2.70. The Hall–Kier alpha value is -1.84. The van der Waals surface area contributed by atoms with Gasteiger partial charge in [0, 0.05) is 25.2 Å². The molecule has 0 aliphatic carbocycles.